The molecule has 17 heavy (non-hydrogen) atoms. The second-order valence-electron chi connectivity index (χ2n) is 3.15. The zero-order valence-corrected chi connectivity index (χ0v) is 8.71. The normalized spacial score (nSPS) is 11.3. The molecule has 1 aromatic heterocycles. The molecule has 0 aliphatic heterocycles. The fourth-order valence-electron chi connectivity index (χ4n) is 1.16. The minimum Gasteiger partial charge on any atom is -0.480 e. The number of aromatic amines is 1. The molecule has 0 saturated carbocycles. The van der Waals surface area contributed by atoms with Gasteiger partial charge in [-0.15, -0.1) is 0 Å². The summed E-state index contributed by atoms with van der Waals surface area (Å²) in [5, 5.41) is 11.1. The van der Waals surface area contributed by atoms with Gasteiger partial charge in [0, 0.05) is 18.3 Å². The van der Waals surface area contributed by atoms with Gasteiger partial charge in [-0.05, 0) is 0 Å². The molecule has 0 fully saturated rings. The van der Waals surface area contributed by atoms with Crippen molar-refractivity contribution >= 4 is 18.0 Å². The van der Waals surface area contributed by atoms with Gasteiger partial charge in [0.05, 0.1) is 6.33 Å². The predicted molar refractivity (Wildman–Crippen MR) is 54.8 cm³/mol. The molecule has 1 amide bonds. The van der Waals surface area contributed by atoms with E-state index in [1.54, 1.807) is 0 Å². The lowest BCUT2D eigenvalue weighted by Gasteiger charge is -2.12. The van der Waals surface area contributed by atoms with Crippen LogP contribution in [0, 0.1) is 0 Å². The molecule has 0 aliphatic carbocycles. The lowest BCUT2D eigenvalue weighted by atomic mass is 10.1. The number of carbonyl (C=O) groups is 2. The SMILES string of the molecule is O=C=NCC(=O)NC(Cc1cnc[nH]1)C(=O)O. The Morgan fingerprint density at radius 1 is 1.65 bits per heavy atom. The highest BCUT2D eigenvalue weighted by molar-refractivity contribution is 5.85. The number of nitrogens with one attached hydrogen (secondary N) is 2. The van der Waals surface area contributed by atoms with E-state index in [0.717, 1.165) is 0 Å². The topological polar surface area (TPSA) is 125 Å². The van der Waals surface area contributed by atoms with Crippen LogP contribution in [-0.4, -0.2) is 45.6 Å². The number of hydrogen-bond acceptors (Lipinski definition) is 5. The molecule has 0 spiro atoms. The van der Waals surface area contributed by atoms with Crippen LogP contribution in [0.5, 0.6) is 0 Å². The third-order valence-electron chi connectivity index (χ3n) is 1.90. The number of rotatable bonds is 6. The van der Waals surface area contributed by atoms with Crippen molar-refractivity contribution in [1.29, 1.82) is 0 Å². The number of isocyanates is 1. The van der Waals surface area contributed by atoms with Crippen molar-refractivity contribution in [3.8, 4) is 0 Å². The van der Waals surface area contributed by atoms with Crippen molar-refractivity contribution in [3.63, 3.8) is 0 Å². The van der Waals surface area contributed by atoms with Crippen LogP contribution in [0.2, 0.25) is 0 Å². The second kappa shape index (κ2) is 6.19. The van der Waals surface area contributed by atoms with Crippen LogP contribution in [0.15, 0.2) is 17.5 Å². The zero-order valence-electron chi connectivity index (χ0n) is 8.71. The van der Waals surface area contributed by atoms with Gasteiger partial charge in [0.2, 0.25) is 12.0 Å². The summed E-state index contributed by atoms with van der Waals surface area (Å²) >= 11 is 0. The highest BCUT2D eigenvalue weighted by atomic mass is 16.4. The third kappa shape index (κ3) is 4.27. The van der Waals surface area contributed by atoms with E-state index in [9.17, 15) is 14.4 Å². The minimum atomic E-state index is -1.18. The standard InChI is InChI=1S/C9H10N4O4/c14-5-11-3-8(15)13-7(9(16)17)1-6-2-10-4-12-6/h2,4,7H,1,3H2,(H,10,12)(H,13,15)(H,16,17). The molecule has 1 atom stereocenters. The van der Waals surface area contributed by atoms with Gasteiger partial charge in [-0.1, -0.05) is 0 Å². The number of carboxylic acid groups (broad SMARTS) is 1. The molecule has 3 N–H and O–H groups in total. The average Bonchev–Trinajstić information content (AvgIpc) is 2.78. The molecule has 1 aromatic rings. The maximum Gasteiger partial charge on any atom is 0.326 e. The number of aromatic nitrogens is 2. The number of nitrogens with zero attached hydrogens (tertiary/aromatic N) is 2. The van der Waals surface area contributed by atoms with Gasteiger partial charge in [-0.2, -0.15) is 4.99 Å². The lowest BCUT2D eigenvalue weighted by molar-refractivity contribution is -0.141. The molecule has 0 saturated heterocycles. The van der Waals surface area contributed by atoms with Crippen molar-refractivity contribution < 1.29 is 19.5 Å². The number of hydrogen-bond donors (Lipinski definition) is 3. The van der Waals surface area contributed by atoms with Crippen LogP contribution in [-0.2, 0) is 20.8 Å². The summed E-state index contributed by atoms with van der Waals surface area (Å²) in [6.07, 6.45) is 4.15. The molecule has 1 heterocycles. The fraction of sp³-hybridized carbons (Fsp3) is 0.333. The van der Waals surface area contributed by atoms with E-state index < -0.39 is 24.5 Å². The van der Waals surface area contributed by atoms with Crippen LogP contribution in [0.25, 0.3) is 0 Å². The highest BCUT2D eigenvalue weighted by Gasteiger charge is 2.20. The van der Waals surface area contributed by atoms with E-state index in [1.165, 1.54) is 18.6 Å². The minimum absolute atomic E-state index is 0.0753. The van der Waals surface area contributed by atoms with E-state index in [0.29, 0.717) is 5.69 Å². The maximum atomic E-state index is 11.2. The van der Waals surface area contributed by atoms with Gasteiger partial charge in [0.15, 0.2) is 0 Å². The van der Waals surface area contributed by atoms with Gasteiger partial charge < -0.3 is 15.4 Å². The fourth-order valence-corrected chi connectivity index (χ4v) is 1.16. The maximum absolute atomic E-state index is 11.2. The first-order valence-corrected chi connectivity index (χ1v) is 4.66. The van der Waals surface area contributed by atoms with E-state index in [-0.39, 0.29) is 6.42 Å². The first kappa shape index (κ1) is 12.6. The summed E-state index contributed by atoms with van der Waals surface area (Å²) in [5.41, 5.74) is 0.580. The van der Waals surface area contributed by atoms with Gasteiger partial charge in [-0.25, -0.2) is 14.6 Å². The Morgan fingerprint density at radius 3 is 2.94 bits per heavy atom. The molecule has 1 unspecified atom stereocenters. The Labute approximate surface area is 95.8 Å². The summed E-state index contributed by atoms with van der Waals surface area (Å²) in [6.45, 7) is -0.434. The predicted octanol–water partition coefficient (Wildman–Crippen LogP) is -1.14. The van der Waals surface area contributed by atoms with Crippen LogP contribution >= 0.6 is 0 Å². The first-order chi connectivity index (χ1) is 8.13. The van der Waals surface area contributed by atoms with Crippen molar-refractivity contribution in [2.75, 3.05) is 6.54 Å². The molecule has 0 aromatic carbocycles. The summed E-state index contributed by atoms with van der Waals surface area (Å²) < 4.78 is 0. The average molecular weight is 238 g/mol. The molecular formula is C9H10N4O4. The molecule has 8 nitrogen and oxygen atoms in total. The summed E-state index contributed by atoms with van der Waals surface area (Å²) in [4.78, 5) is 41.3. The number of aliphatic carboxylic acids is 1. The van der Waals surface area contributed by atoms with E-state index in [2.05, 4.69) is 20.3 Å². The van der Waals surface area contributed by atoms with E-state index in [1.807, 2.05) is 0 Å². The molecule has 0 bridgehead atoms. The number of aliphatic imine (C=N–C) groups is 1. The Morgan fingerprint density at radius 2 is 2.41 bits per heavy atom. The largest absolute Gasteiger partial charge is 0.480 e. The van der Waals surface area contributed by atoms with Crippen LogP contribution in [0.3, 0.4) is 0 Å². The van der Waals surface area contributed by atoms with Crippen molar-refractivity contribution in [1.82, 2.24) is 15.3 Å². The summed E-state index contributed by atoms with van der Waals surface area (Å²) in [6, 6.07) is -1.09. The van der Waals surface area contributed by atoms with Crippen LogP contribution < -0.4 is 5.32 Å². The Hall–Kier alpha value is -2.47. The monoisotopic (exact) mass is 238 g/mol. The quantitative estimate of drug-likeness (QED) is 0.426. The molecule has 1 rings (SSSR count). The van der Waals surface area contributed by atoms with Crippen molar-refractivity contribution in [2.24, 2.45) is 4.99 Å². The molecule has 0 aliphatic rings. The summed E-state index contributed by atoms with van der Waals surface area (Å²) in [5.74, 6) is -1.83. The Bertz CT molecular complexity index is 436. The zero-order chi connectivity index (χ0) is 12.7. The van der Waals surface area contributed by atoms with E-state index >= 15 is 0 Å². The van der Waals surface area contributed by atoms with Gasteiger partial charge in [0.25, 0.3) is 0 Å². The van der Waals surface area contributed by atoms with Gasteiger partial charge in [-0.3, -0.25) is 4.79 Å². The smallest absolute Gasteiger partial charge is 0.326 e. The van der Waals surface area contributed by atoms with Gasteiger partial charge >= 0.3 is 5.97 Å². The first-order valence-electron chi connectivity index (χ1n) is 4.66. The third-order valence-corrected chi connectivity index (χ3v) is 1.90. The lowest BCUT2D eigenvalue weighted by Crippen LogP contribution is -2.43. The number of H-pyrrole nitrogens is 1. The van der Waals surface area contributed by atoms with Crippen molar-refractivity contribution in [2.45, 2.75) is 12.5 Å². The van der Waals surface area contributed by atoms with Crippen molar-refractivity contribution in [3.05, 3.63) is 18.2 Å². The van der Waals surface area contributed by atoms with Gasteiger partial charge in [0.1, 0.15) is 12.6 Å². The number of carbonyl (C=O) groups excluding carboxylic acids is 2. The second-order valence-corrected chi connectivity index (χ2v) is 3.15. The number of amides is 1. The van der Waals surface area contributed by atoms with E-state index in [4.69, 9.17) is 5.11 Å². The molecule has 90 valence electrons. The Balaban J connectivity index is 2.57. The molecule has 8 heteroatoms. The van der Waals surface area contributed by atoms with Crippen LogP contribution in [0.1, 0.15) is 5.69 Å². The molecule has 0 radical (unpaired) electrons. The number of carboxylic acids is 1. The molecular weight excluding hydrogens is 228 g/mol. The highest BCUT2D eigenvalue weighted by Crippen LogP contribution is 1.98. The summed E-state index contributed by atoms with van der Waals surface area (Å²) in [7, 11) is 0. The van der Waals surface area contributed by atoms with Crippen LogP contribution in [0.4, 0.5) is 0 Å². The Kier molecular flexibility index (Phi) is 4.58. The number of imidazole rings is 1.